The Balaban J connectivity index is 2.07. The number of aliphatic hydroxyl groups excluding tert-OH is 1. The Morgan fingerprint density at radius 2 is 2.19 bits per heavy atom. The smallest absolute Gasteiger partial charge is 0.165 e. The normalized spacial score (nSPS) is 43.3. The van der Waals surface area contributed by atoms with Crippen LogP contribution in [0.15, 0.2) is 12.1 Å². The van der Waals surface area contributed by atoms with Crippen LogP contribution in [0.5, 0.6) is 11.5 Å². The van der Waals surface area contributed by atoms with Crippen molar-refractivity contribution < 1.29 is 20.1 Å². The Morgan fingerprint density at radius 1 is 1.43 bits per heavy atom. The van der Waals surface area contributed by atoms with E-state index in [0.717, 1.165) is 11.1 Å². The fraction of sp³-hybridized carbons (Fsp3) is 0.625. The molecule has 0 amide bonds. The molecule has 0 unspecified atom stereocenters. The first-order chi connectivity index (χ1) is 9.95. The van der Waals surface area contributed by atoms with Gasteiger partial charge < -0.3 is 25.8 Å². The minimum atomic E-state index is -1.10. The number of hydrogen-bond acceptors (Lipinski definition) is 5. The quantitative estimate of drug-likeness (QED) is 0.607. The van der Waals surface area contributed by atoms with Gasteiger partial charge in [0.05, 0.1) is 17.1 Å². The largest absolute Gasteiger partial charge is 0.504 e. The molecule has 1 saturated carbocycles. The highest BCUT2D eigenvalue weighted by Crippen LogP contribution is 2.62. The van der Waals surface area contributed by atoms with Crippen molar-refractivity contribution in [3.05, 3.63) is 23.3 Å². The monoisotopic (exact) mass is 291 g/mol. The molecule has 0 aromatic heterocycles. The SMILES string of the molecule is CC[C@]12c3c4ccc(O)c3O[C@H]1[C@@H](O)CC[C@@]2(O)[C@H](N)C4. The summed E-state index contributed by atoms with van der Waals surface area (Å²) < 4.78 is 5.94. The van der Waals surface area contributed by atoms with Gasteiger partial charge in [0.1, 0.15) is 6.10 Å². The molecule has 1 aromatic rings. The Bertz CT molecular complexity index is 619. The molecule has 5 atom stereocenters. The lowest BCUT2D eigenvalue weighted by molar-refractivity contribution is -0.161. The van der Waals surface area contributed by atoms with Crippen molar-refractivity contribution in [2.75, 3.05) is 0 Å². The van der Waals surface area contributed by atoms with E-state index in [9.17, 15) is 15.3 Å². The molecular formula is C16H21NO4. The molecule has 0 saturated heterocycles. The number of benzene rings is 1. The summed E-state index contributed by atoms with van der Waals surface area (Å²) in [5.41, 5.74) is 6.36. The number of ether oxygens (including phenoxy) is 1. The van der Waals surface area contributed by atoms with E-state index in [1.54, 1.807) is 6.07 Å². The summed E-state index contributed by atoms with van der Waals surface area (Å²) in [6.07, 6.45) is 0.887. The third kappa shape index (κ3) is 1.29. The van der Waals surface area contributed by atoms with E-state index in [1.807, 2.05) is 13.0 Å². The van der Waals surface area contributed by atoms with E-state index in [0.29, 0.717) is 31.4 Å². The molecule has 1 aliphatic heterocycles. The Morgan fingerprint density at radius 3 is 2.90 bits per heavy atom. The summed E-state index contributed by atoms with van der Waals surface area (Å²) >= 11 is 0. The average molecular weight is 291 g/mol. The maximum absolute atomic E-state index is 11.4. The summed E-state index contributed by atoms with van der Waals surface area (Å²) in [6.45, 7) is 1.99. The van der Waals surface area contributed by atoms with Crippen molar-refractivity contribution in [3.63, 3.8) is 0 Å². The van der Waals surface area contributed by atoms with Crippen molar-refractivity contribution in [1.82, 2.24) is 0 Å². The molecule has 1 fully saturated rings. The molecule has 0 radical (unpaired) electrons. The van der Waals surface area contributed by atoms with Gasteiger partial charge in [0.15, 0.2) is 11.5 Å². The molecule has 0 bridgehead atoms. The van der Waals surface area contributed by atoms with Crippen molar-refractivity contribution in [2.24, 2.45) is 5.73 Å². The van der Waals surface area contributed by atoms with Gasteiger partial charge in [-0.2, -0.15) is 0 Å². The first-order valence-corrected chi connectivity index (χ1v) is 7.63. The third-order valence-electron chi connectivity index (χ3n) is 5.95. The summed E-state index contributed by atoms with van der Waals surface area (Å²) in [4.78, 5) is 0. The Labute approximate surface area is 123 Å². The zero-order valence-electron chi connectivity index (χ0n) is 12.0. The second-order valence-corrected chi connectivity index (χ2v) is 6.65. The maximum Gasteiger partial charge on any atom is 0.165 e. The summed E-state index contributed by atoms with van der Waals surface area (Å²) in [5, 5.41) is 31.9. The van der Waals surface area contributed by atoms with Gasteiger partial charge in [-0.1, -0.05) is 13.0 Å². The highest BCUT2D eigenvalue weighted by molar-refractivity contribution is 5.61. The predicted octanol–water partition coefficient (Wildman–Crippen LogP) is 0.570. The van der Waals surface area contributed by atoms with Crippen LogP contribution in [0, 0.1) is 0 Å². The molecule has 3 aliphatic rings. The highest BCUT2D eigenvalue weighted by Gasteiger charge is 2.69. The molecular weight excluding hydrogens is 270 g/mol. The molecule has 1 aromatic carbocycles. The number of aliphatic hydroxyl groups is 2. The number of rotatable bonds is 1. The maximum atomic E-state index is 11.4. The van der Waals surface area contributed by atoms with Gasteiger partial charge in [-0.25, -0.2) is 0 Å². The Kier molecular flexibility index (Phi) is 2.49. The van der Waals surface area contributed by atoms with Crippen molar-refractivity contribution >= 4 is 0 Å². The number of hydrogen-bond donors (Lipinski definition) is 4. The van der Waals surface area contributed by atoms with E-state index in [-0.39, 0.29) is 11.8 Å². The highest BCUT2D eigenvalue weighted by atomic mass is 16.5. The lowest BCUT2D eigenvalue weighted by Gasteiger charge is -2.57. The second kappa shape index (κ2) is 3.91. The first-order valence-electron chi connectivity index (χ1n) is 7.63. The minimum Gasteiger partial charge on any atom is -0.504 e. The van der Waals surface area contributed by atoms with Gasteiger partial charge in [-0.15, -0.1) is 0 Å². The molecule has 4 rings (SSSR count). The topological polar surface area (TPSA) is 95.9 Å². The molecule has 5 N–H and O–H groups in total. The van der Waals surface area contributed by atoms with E-state index >= 15 is 0 Å². The standard InChI is InChI=1S/C16H21NO4/c1-2-15-12-8-3-4-9(18)13(12)21-14(15)10(19)5-6-16(15,20)11(17)7-8/h3-4,10-11,14,18-20H,2,5-7,17H2,1H3/t10-,11+,14-,15-,16+/m0/s1. The lowest BCUT2D eigenvalue weighted by atomic mass is 9.51. The van der Waals surface area contributed by atoms with E-state index in [4.69, 9.17) is 10.5 Å². The van der Waals surface area contributed by atoms with Crippen molar-refractivity contribution in [2.45, 2.75) is 61.9 Å². The van der Waals surface area contributed by atoms with Crippen LogP contribution in [0.3, 0.4) is 0 Å². The van der Waals surface area contributed by atoms with Gasteiger partial charge in [-0.3, -0.25) is 0 Å². The average Bonchev–Trinajstić information content (AvgIpc) is 2.84. The zero-order chi connectivity index (χ0) is 15.0. The van der Waals surface area contributed by atoms with Crippen LogP contribution in [0.25, 0.3) is 0 Å². The van der Waals surface area contributed by atoms with Crippen LogP contribution in [0.4, 0.5) is 0 Å². The van der Waals surface area contributed by atoms with Crippen molar-refractivity contribution in [1.29, 1.82) is 0 Å². The molecule has 114 valence electrons. The van der Waals surface area contributed by atoms with Crippen LogP contribution in [0.1, 0.15) is 37.3 Å². The number of phenols is 1. The van der Waals surface area contributed by atoms with Gasteiger partial charge >= 0.3 is 0 Å². The lowest BCUT2D eigenvalue weighted by Crippen LogP contribution is -2.72. The molecule has 0 spiro atoms. The molecule has 2 aliphatic carbocycles. The van der Waals surface area contributed by atoms with Gasteiger partial charge in [0.25, 0.3) is 0 Å². The van der Waals surface area contributed by atoms with Crippen LogP contribution in [-0.4, -0.2) is 39.2 Å². The summed E-state index contributed by atoms with van der Waals surface area (Å²) in [6, 6.07) is 3.08. The fourth-order valence-corrected chi connectivity index (χ4v) is 4.98. The molecule has 1 heterocycles. The van der Waals surface area contributed by atoms with Crippen LogP contribution in [0.2, 0.25) is 0 Å². The second-order valence-electron chi connectivity index (χ2n) is 6.65. The number of nitrogens with two attached hydrogens (primary N) is 1. The third-order valence-corrected chi connectivity index (χ3v) is 5.95. The molecule has 21 heavy (non-hydrogen) atoms. The van der Waals surface area contributed by atoms with Gasteiger partial charge in [-0.05, 0) is 37.3 Å². The van der Waals surface area contributed by atoms with Gasteiger partial charge in [0, 0.05) is 11.6 Å². The predicted molar refractivity (Wildman–Crippen MR) is 76.4 cm³/mol. The van der Waals surface area contributed by atoms with Crippen LogP contribution >= 0.6 is 0 Å². The minimum absolute atomic E-state index is 0.0704. The zero-order valence-corrected chi connectivity index (χ0v) is 12.0. The fourth-order valence-electron chi connectivity index (χ4n) is 4.98. The van der Waals surface area contributed by atoms with E-state index in [1.165, 1.54) is 0 Å². The summed E-state index contributed by atoms with van der Waals surface area (Å²) in [5.74, 6) is 0.492. The number of phenolic OH excluding ortho intramolecular Hbond substituents is 1. The van der Waals surface area contributed by atoms with Crippen LogP contribution in [-0.2, 0) is 11.8 Å². The molecule has 5 nitrogen and oxygen atoms in total. The molecule has 5 heteroatoms. The van der Waals surface area contributed by atoms with Crippen molar-refractivity contribution in [3.8, 4) is 11.5 Å². The summed E-state index contributed by atoms with van der Waals surface area (Å²) in [7, 11) is 0. The number of aromatic hydroxyl groups is 1. The van der Waals surface area contributed by atoms with E-state index < -0.39 is 23.2 Å². The van der Waals surface area contributed by atoms with Gasteiger partial charge in [0.2, 0.25) is 0 Å². The Hall–Kier alpha value is -1.30. The van der Waals surface area contributed by atoms with E-state index in [2.05, 4.69) is 0 Å². The first kappa shape index (κ1) is 13.4. The van der Waals surface area contributed by atoms with Crippen LogP contribution < -0.4 is 10.5 Å².